The fourth-order valence-corrected chi connectivity index (χ4v) is 2.89. The molecule has 0 amide bonds. The second-order valence-corrected chi connectivity index (χ2v) is 5.88. The Balaban J connectivity index is 1.50. The fraction of sp³-hybridized carbons (Fsp3) is 0.500. The standard InChI is InChI=1S/C16H23N5O/c1-20-10-14(9-19-20)11-21-6-7-22-15(12-21)3-2-13-4-5-18-16(17)8-13/h4-5,8-10,15H,2-3,6-7,11-12H2,1H3,(H2,17,18)/t15-/m1/s1. The maximum atomic E-state index is 5.89. The van der Waals surface area contributed by atoms with Gasteiger partial charge in [0.2, 0.25) is 0 Å². The van der Waals surface area contributed by atoms with Gasteiger partial charge in [-0.15, -0.1) is 0 Å². The SMILES string of the molecule is Cn1cc(CN2CCO[C@H](CCc3ccnc(N)c3)C2)cn1. The number of hydrogen-bond donors (Lipinski definition) is 1. The lowest BCUT2D eigenvalue weighted by Crippen LogP contribution is -2.42. The highest BCUT2D eigenvalue weighted by Gasteiger charge is 2.20. The van der Waals surface area contributed by atoms with Crippen LogP contribution in [0.25, 0.3) is 0 Å². The van der Waals surface area contributed by atoms with E-state index in [1.165, 1.54) is 11.1 Å². The number of anilines is 1. The Morgan fingerprint density at radius 1 is 1.41 bits per heavy atom. The maximum Gasteiger partial charge on any atom is 0.123 e. The van der Waals surface area contributed by atoms with E-state index in [4.69, 9.17) is 10.5 Å². The number of morpholine rings is 1. The van der Waals surface area contributed by atoms with Crippen LogP contribution in [0.2, 0.25) is 0 Å². The molecule has 2 aromatic rings. The van der Waals surface area contributed by atoms with Crippen molar-refractivity contribution in [3.63, 3.8) is 0 Å². The highest BCUT2D eigenvalue weighted by atomic mass is 16.5. The van der Waals surface area contributed by atoms with Gasteiger partial charge in [-0.05, 0) is 30.5 Å². The molecule has 1 aliphatic rings. The largest absolute Gasteiger partial charge is 0.384 e. The summed E-state index contributed by atoms with van der Waals surface area (Å²) < 4.78 is 7.74. The first kappa shape index (κ1) is 15.0. The molecule has 1 saturated heterocycles. The maximum absolute atomic E-state index is 5.89. The number of aryl methyl sites for hydroxylation is 2. The summed E-state index contributed by atoms with van der Waals surface area (Å²) in [4.78, 5) is 6.46. The van der Waals surface area contributed by atoms with Crippen LogP contribution in [0, 0.1) is 0 Å². The van der Waals surface area contributed by atoms with Crippen LogP contribution in [-0.4, -0.2) is 45.5 Å². The molecule has 0 unspecified atom stereocenters. The Hall–Kier alpha value is -1.92. The zero-order chi connectivity index (χ0) is 15.4. The summed E-state index contributed by atoms with van der Waals surface area (Å²) in [5, 5.41) is 4.23. The second kappa shape index (κ2) is 6.89. The highest BCUT2D eigenvalue weighted by Crippen LogP contribution is 2.15. The topological polar surface area (TPSA) is 69.2 Å². The molecular formula is C16H23N5O. The molecule has 0 bridgehead atoms. The van der Waals surface area contributed by atoms with Gasteiger partial charge in [0.1, 0.15) is 5.82 Å². The van der Waals surface area contributed by atoms with Crippen molar-refractivity contribution in [2.45, 2.75) is 25.5 Å². The number of rotatable bonds is 5. The van der Waals surface area contributed by atoms with E-state index in [1.54, 1.807) is 6.20 Å². The number of hydrogen-bond acceptors (Lipinski definition) is 5. The molecule has 6 heteroatoms. The summed E-state index contributed by atoms with van der Waals surface area (Å²) in [6, 6.07) is 3.96. The quantitative estimate of drug-likeness (QED) is 0.899. The molecule has 6 nitrogen and oxygen atoms in total. The van der Waals surface area contributed by atoms with Crippen LogP contribution in [-0.2, 0) is 24.8 Å². The minimum absolute atomic E-state index is 0.278. The van der Waals surface area contributed by atoms with Gasteiger partial charge in [-0.2, -0.15) is 5.10 Å². The molecule has 1 fully saturated rings. The number of ether oxygens (including phenoxy) is 1. The van der Waals surface area contributed by atoms with Gasteiger partial charge in [0.05, 0.1) is 18.9 Å². The van der Waals surface area contributed by atoms with Crippen LogP contribution >= 0.6 is 0 Å². The van der Waals surface area contributed by atoms with E-state index in [1.807, 2.05) is 30.1 Å². The Morgan fingerprint density at radius 3 is 3.09 bits per heavy atom. The Labute approximate surface area is 130 Å². The van der Waals surface area contributed by atoms with Crippen molar-refractivity contribution in [3.05, 3.63) is 41.9 Å². The van der Waals surface area contributed by atoms with Gasteiger partial charge in [0.15, 0.2) is 0 Å². The van der Waals surface area contributed by atoms with E-state index in [0.717, 1.165) is 39.1 Å². The lowest BCUT2D eigenvalue weighted by molar-refractivity contribution is -0.0345. The molecule has 2 aromatic heterocycles. The van der Waals surface area contributed by atoms with Crippen LogP contribution in [0.3, 0.4) is 0 Å². The summed E-state index contributed by atoms with van der Waals surface area (Å²) in [6.07, 6.45) is 8.03. The predicted molar refractivity (Wildman–Crippen MR) is 85.2 cm³/mol. The second-order valence-electron chi connectivity index (χ2n) is 5.88. The highest BCUT2D eigenvalue weighted by molar-refractivity contribution is 5.31. The van der Waals surface area contributed by atoms with Gasteiger partial charge in [0.25, 0.3) is 0 Å². The molecule has 0 aromatic carbocycles. The molecule has 0 aliphatic carbocycles. The molecule has 0 spiro atoms. The number of nitrogen functional groups attached to an aromatic ring is 1. The van der Waals surface area contributed by atoms with Crippen LogP contribution in [0.1, 0.15) is 17.5 Å². The van der Waals surface area contributed by atoms with Crippen molar-refractivity contribution < 1.29 is 4.74 Å². The van der Waals surface area contributed by atoms with Crippen molar-refractivity contribution in [3.8, 4) is 0 Å². The minimum atomic E-state index is 0.278. The number of pyridine rings is 1. The van der Waals surface area contributed by atoms with Crippen molar-refractivity contribution in [1.82, 2.24) is 19.7 Å². The third-order valence-electron chi connectivity index (χ3n) is 3.99. The van der Waals surface area contributed by atoms with E-state index >= 15 is 0 Å². The smallest absolute Gasteiger partial charge is 0.123 e. The average Bonchev–Trinajstić information content (AvgIpc) is 2.91. The predicted octanol–water partition coefficient (Wildman–Crippen LogP) is 1.23. The zero-order valence-corrected chi connectivity index (χ0v) is 13.0. The van der Waals surface area contributed by atoms with Gasteiger partial charge in [0, 0.05) is 44.6 Å². The van der Waals surface area contributed by atoms with Crippen molar-refractivity contribution in [2.75, 3.05) is 25.4 Å². The van der Waals surface area contributed by atoms with Crippen LogP contribution in [0.15, 0.2) is 30.7 Å². The van der Waals surface area contributed by atoms with Crippen molar-refractivity contribution in [2.24, 2.45) is 7.05 Å². The molecule has 2 N–H and O–H groups in total. The molecule has 0 saturated carbocycles. The van der Waals surface area contributed by atoms with E-state index in [9.17, 15) is 0 Å². The van der Waals surface area contributed by atoms with Crippen LogP contribution in [0.4, 0.5) is 5.82 Å². The molecule has 22 heavy (non-hydrogen) atoms. The summed E-state index contributed by atoms with van der Waals surface area (Å²) in [5.41, 5.74) is 8.20. The first-order chi connectivity index (χ1) is 10.7. The van der Waals surface area contributed by atoms with Crippen molar-refractivity contribution >= 4 is 5.82 Å². The fourth-order valence-electron chi connectivity index (χ4n) is 2.89. The van der Waals surface area contributed by atoms with E-state index in [0.29, 0.717) is 5.82 Å². The number of nitrogens with two attached hydrogens (primary N) is 1. The molecule has 1 atom stereocenters. The Bertz CT molecular complexity index is 612. The van der Waals surface area contributed by atoms with Gasteiger partial charge in [-0.25, -0.2) is 4.98 Å². The van der Waals surface area contributed by atoms with Gasteiger partial charge in [-0.3, -0.25) is 9.58 Å². The monoisotopic (exact) mass is 301 g/mol. The summed E-state index contributed by atoms with van der Waals surface area (Å²) in [5.74, 6) is 0.584. The Kier molecular flexibility index (Phi) is 4.70. The van der Waals surface area contributed by atoms with Gasteiger partial charge < -0.3 is 10.5 Å². The van der Waals surface area contributed by atoms with Gasteiger partial charge in [-0.1, -0.05) is 0 Å². The first-order valence-electron chi connectivity index (χ1n) is 7.71. The lowest BCUT2D eigenvalue weighted by Gasteiger charge is -2.32. The van der Waals surface area contributed by atoms with Crippen molar-refractivity contribution in [1.29, 1.82) is 0 Å². The molecule has 0 radical (unpaired) electrons. The molecule has 3 heterocycles. The van der Waals surface area contributed by atoms with E-state index < -0.39 is 0 Å². The third kappa shape index (κ3) is 4.05. The van der Waals surface area contributed by atoms with Crippen LogP contribution < -0.4 is 5.73 Å². The average molecular weight is 301 g/mol. The number of nitrogens with zero attached hydrogens (tertiary/aromatic N) is 4. The summed E-state index contributed by atoms with van der Waals surface area (Å²) in [7, 11) is 1.95. The van der Waals surface area contributed by atoms with Crippen LogP contribution in [0.5, 0.6) is 0 Å². The Morgan fingerprint density at radius 2 is 2.32 bits per heavy atom. The van der Waals surface area contributed by atoms with E-state index in [2.05, 4.69) is 21.2 Å². The van der Waals surface area contributed by atoms with Gasteiger partial charge >= 0.3 is 0 Å². The molecular weight excluding hydrogens is 278 g/mol. The lowest BCUT2D eigenvalue weighted by atomic mass is 10.1. The molecule has 1 aliphatic heterocycles. The van der Waals surface area contributed by atoms with E-state index in [-0.39, 0.29) is 6.10 Å². The molecule has 118 valence electrons. The summed E-state index contributed by atoms with van der Waals surface area (Å²) >= 11 is 0. The normalized spacial score (nSPS) is 19.4. The summed E-state index contributed by atoms with van der Waals surface area (Å²) in [6.45, 7) is 3.68. The first-order valence-corrected chi connectivity index (χ1v) is 7.71. The molecule has 3 rings (SSSR count). The minimum Gasteiger partial charge on any atom is -0.384 e. The zero-order valence-electron chi connectivity index (χ0n) is 13.0. The third-order valence-corrected chi connectivity index (χ3v) is 3.99. The number of aromatic nitrogens is 3.